The normalized spacial score (nSPS) is 24.7. The highest BCUT2D eigenvalue weighted by Gasteiger charge is 2.25. The van der Waals surface area contributed by atoms with Crippen molar-refractivity contribution in [2.24, 2.45) is 0 Å². The zero-order chi connectivity index (χ0) is 14.8. The summed E-state index contributed by atoms with van der Waals surface area (Å²) in [7, 11) is 1.76. The number of halogens is 1. The summed E-state index contributed by atoms with van der Waals surface area (Å²) >= 11 is 6.05. The number of nitrogens with one attached hydrogen (secondary N) is 1. The summed E-state index contributed by atoms with van der Waals surface area (Å²) in [6.45, 7) is 0. The number of fused-ring (bicyclic) bond motifs is 1. The van der Waals surface area contributed by atoms with Crippen LogP contribution in [0.2, 0.25) is 5.15 Å². The van der Waals surface area contributed by atoms with Gasteiger partial charge in [0.25, 0.3) is 5.91 Å². The van der Waals surface area contributed by atoms with Crippen molar-refractivity contribution in [2.75, 3.05) is 7.11 Å². The largest absolute Gasteiger partial charge is 0.381 e. The molecular weight excluding hydrogens is 288 g/mol. The number of amides is 1. The Kier molecular flexibility index (Phi) is 4.45. The van der Waals surface area contributed by atoms with Gasteiger partial charge in [0, 0.05) is 24.4 Å². The Bertz CT molecular complexity index is 539. The van der Waals surface area contributed by atoms with E-state index in [1.165, 1.54) is 0 Å². The third kappa shape index (κ3) is 3.22. The van der Waals surface area contributed by atoms with Gasteiger partial charge in [-0.25, -0.2) is 4.98 Å². The van der Waals surface area contributed by atoms with Crippen LogP contribution in [0.4, 0.5) is 0 Å². The fraction of sp³-hybridized carbons (Fsp3) is 0.625. The van der Waals surface area contributed by atoms with Crippen LogP contribution in [0.3, 0.4) is 0 Å². The molecule has 5 heteroatoms. The van der Waals surface area contributed by atoms with Gasteiger partial charge in [0.05, 0.1) is 6.10 Å². The summed E-state index contributed by atoms with van der Waals surface area (Å²) in [5.74, 6) is -0.00156. The summed E-state index contributed by atoms with van der Waals surface area (Å²) in [5.41, 5.74) is 2.80. The molecule has 1 amide bonds. The van der Waals surface area contributed by atoms with Gasteiger partial charge in [0.15, 0.2) is 0 Å². The number of nitrogens with zero attached hydrogens (tertiary/aromatic N) is 1. The standard InChI is InChI=1S/C16H21ClN2O2/c1-21-11-7-5-10(6-8-11)18-16(20)13-9-15(17)19-14-4-2-3-12(13)14/h9-11H,2-8H2,1H3,(H,18,20). The van der Waals surface area contributed by atoms with Crippen LogP contribution >= 0.6 is 11.6 Å². The number of carbonyl (C=O) groups excluding carboxylic acids is 1. The molecule has 4 nitrogen and oxygen atoms in total. The van der Waals surface area contributed by atoms with Gasteiger partial charge in [0.2, 0.25) is 0 Å². The van der Waals surface area contributed by atoms with Crippen molar-refractivity contribution in [3.05, 3.63) is 28.0 Å². The minimum atomic E-state index is -0.00156. The lowest BCUT2D eigenvalue weighted by molar-refractivity contribution is 0.0599. The van der Waals surface area contributed by atoms with E-state index in [4.69, 9.17) is 16.3 Å². The molecule has 21 heavy (non-hydrogen) atoms. The van der Waals surface area contributed by atoms with Gasteiger partial charge in [0.1, 0.15) is 5.15 Å². The summed E-state index contributed by atoms with van der Waals surface area (Å²) in [4.78, 5) is 16.9. The molecule has 2 aliphatic carbocycles. The molecule has 0 atom stereocenters. The summed E-state index contributed by atoms with van der Waals surface area (Å²) in [6, 6.07) is 1.95. The molecule has 1 aromatic rings. The van der Waals surface area contributed by atoms with Gasteiger partial charge in [-0.1, -0.05) is 11.6 Å². The number of aryl methyl sites for hydroxylation is 1. The van der Waals surface area contributed by atoms with Crippen molar-refractivity contribution < 1.29 is 9.53 Å². The molecule has 0 aliphatic heterocycles. The van der Waals surface area contributed by atoms with Crippen LogP contribution in [0.5, 0.6) is 0 Å². The predicted octanol–water partition coefficient (Wildman–Crippen LogP) is 2.91. The first-order valence-electron chi connectivity index (χ1n) is 7.69. The van der Waals surface area contributed by atoms with E-state index in [1.54, 1.807) is 13.2 Å². The van der Waals surface area contributed by atoms with Crippen molar-refractivity contribution in [3.63, 3.8) is 0 Å². The molecule has 0 aromatic carbocycles. The van der Waals surface area contributed by atoms with E-state index in [0.29, 0.717) is 11.3 Å². The van der Waals surface area contributed by atoms with Crippen LogP contribution in [-0.4, -0.2) is 30.1 Å². The fourth-order valence-electron chi connectivity index (χ4n) is 3.42. The average Bonchev–Trinajstić information content (AvgIpc) is 2.95. The molecule has 0 radical (unpaired) electrons. The van der Waals surface area contributed by atoms with Gasteiger partial charge < -0.3 is 10.1 Å². The summed E-state index contributed by atoms with van der Waals surface area (Å²) in [5, 5.41) is 3.58. The molecule has 0 bridgehead atoms. The van der Waals surface area contributed by atoms with Gasteiger partial charge >= 0.3 is 0 Å². The van der Waals surface area contributed by atoms with Crippen LogP contribution in [0.15, 0.2) is 6.07 Å². The molecule has 0 unspecified atom stereocenters. The van der Waals surface area contributed by atoms with Crippen LogP contribution in [0.1, 0.15) is 53.7 Å². The Hall–Kier alpha value is -1.13. The first-order chi connectivity index (χ1) is 10.2. The lowest BCUT2D eigenvalue weighted by Crippen LogP contribution is -2.39. The Balaban J connectivity index is 1.69. The number of ether oxygens (including phenoxy) is 1. The number of pyridine rings is 1. The lowest BCUT2D eigenvalue weighted by atomic mass is 9.92. The van der Waals surface area contributed by atoms with Gasteiger partial charge in [-0.15, -0.1) is 0 Å². The molecule has 1 saturated carbocycles. The topological polar surface area (TPSA) is 51.2 Å². The van der Waals surface area contributed by atoms with Crippen molar-refractivity contribution in [2.45, 2.75) is 57.1 Å². The number of rotatable bonds is 3. The van der Waals surface area contributed by atoms with E-state index in [1.807, 2.05) is 0 Å². The second-order valence-electron chi connectivity index (χ2n) is 5.95. The highest BCUT2D eigenvalue weighted by atomic mass is 35.5. The average molecular weight is 309 g/mol. The van der Waals surface area contributed by atoms with E-state index in [-0.39, 0.29) is 11.9 Å². The van der Waals surface area contributed by atoms with Gasteiger partial charge in [-0.05, 0) is 56.6 Å². The number of carbonyl (C=O) groups is 1. The molecule has 1 aromatic heterocycles. The minimum Gasteiger partial charge on any atom is -0.381 e. The predicted molar refractivity (Wildman–Crippen MR) is 81.8 cm³/mol. The Labute approximate surface area is 130 Å². The van der Waals surface area contributed by atoms with Crippen LogP contribution in [-0.2, 0) is 17.6 Å². The fourth-order valence-corrected chi connectivity index (χ4v) is 3.63. The van der Waals surface area contributed by atoms with Crippen molar-refractivity contribution >= 4 is 17.5 Å². The maximum atomic E-state index is 12.5. The maximum Gasteiger partial charge on any atom is 0.251 e. The van der Waals surface area contributed by atoms with Crippen molar-refractivity contribution in [1.29, 1.82) is 0 Å². The van der Waals surface area contributed by atoms with E-state index in [2.05, 4.69) is 10.3 Å². The zero-order valence-electron chi connectivity index (χ0n) is 12.3. The van der Waals surface area contributed by atoms with E-state index in [9.17, 15) is 4.79 Å². The number of methoxy groups -OCH3 is 1. The molecule has 3 rings (SSSR count). The highest BCUT2D eigenvalue weighted by Crippen LogP contribution is 2.27. The zero-order valence-corrected chi connectivity index (χ0v) is 13.1. The Morgan fingerprint density at radius 2 is 2.10 bits per heavy atom. The SMILES string of the molecule is COC1CCC(NC(=O)c2cc(Cl)nc3c2CCC3)CC1. The summed E-state index contributed by atoms with van der Waals surface area (Å²) in [6.07, 6.45) is 7.23. The summed E-state index contributed by atoms with van der Waals surface area (Å²) < 4.78 is 5.37. The first kappa shape index (κ1) is 14.8. The molecule has 1 N–H and O–H groups in total. The highest BCUT2D eigenvalue weighted by molar-refractivity contribution is 6.29. The number of aromatic nitrogens is 1. The maximum absolute atomic E-state index is 12.5. The lowest BCUT2D eigenvalue weighted by Gasteiger charge is -2.28. The van der Waals surface area contributed by atoms with E-state index in [0.717, 1.165) is 61.8 Å². The number of hydrogen-bond acceptors (Lipinski definition) is 3. The van der Waals surface area contributed by atoms with Gasteiger partial charge in [-0.3, -0.25) is 4.79 Å². The number of hydrogen-bond donors (Lipinski definition) is 1. The van der Waals surface area contributed by atoms with E-state index >= 15 is 0 Å². The first-order valence-corrected chi connectivity index (χ1v) is 8.07. The smallest absolute Gasteiger partial charge is 0.251 e. The molecule has 0 spiro atoms. The third-order valence-electron chi connectivity index (χ3n) is 4.61. The van der Waals surface area contributed by atoms with Crippen LogP contribution < -0.4 is 5.32 Å². The quantitative estimate of drug-likeness (QED) is 0.874. The second kappa shape index (κ2) is 6.32. The molecule has 1 heterocycles. The molecule has 1 fully saturated rings. The van der Waals surface area contributed by atoms with Crippen LogP contribution in [0, 0.1) is 0 Å². The molecule has 0 saturated heterocycles. The molecular formula is C16H21ClN2O2. The second-order valence-corrected chi connectivity index (χ2v) is 6.34. The van der Waals surface area contributed by atoms with Crippen LogP contribution in [0.25, 0.3) is 0 Å². The minimum absolute atomic E-state index is 0.00156. The Morgan fingerprint density at radius 1 is 1.33 bits per heavy atom. The molecule has 2 aliphatic rings. The van der Waals surface area contributed by atoms with Gasteiger partial charge in [-0.2, -0.15) is 0 Å². The van der Waals surface area contributed by atoms with Crippen molar-refractivity contribution in [3.8, 4) is 0 Å². The molecule has 114 valence electrons. The Morgan fingerprint density at radius 3 is 2.81 bits per heavy atom. The van der Waals surface area contributed by atoms with E-state index < -0.39 is 0 Å². The third-order valence-corrected chi connectivity index (χ3v) is 4.80. The van der Waals surface area contributed by atoms with Crippen molar-refractivity contribution in [1.82, 2.24) is 10.3 Å². The monoisotopic (exact) mass is 308 g/mol.